The maximum absolute atomic E-state index is 12.8. The van der Waals surface area contributed by atoms with Crippen LogP contribution in [0.2, 0.25) is 5.15 Å². The van der Waals surface area contributed by atoms with E-state index in [1.807, 2.05) is 0 Å². The Balaban J connectivity index is 1.30. The molecule has 6 N–H and O–H groups in total. The number of nitrogen functional groups attached to an aromatic ring is 2. The van der Waals surface area contributed by atoms with Gasteiger partial charge in [-0.25, -0.2) is 18.4 Å². The van der Waals surface area contributed by atoms with E-state index < -0.39 is 15.7 Å². The zero-order valence-corrected chi connectivity index (χ0v) is 20.5. The third-order valence-electron chi connectivity index (χ3n) is 6.06. The number of carbonyl (C=O) groups excluding carboxylic acids is 2. The summed E-state index contributed by atoms with van der Waals surface area (Å²) in [4.78, 5) is 39.4. The fraction of sp³-hybridized carbons (Fsp3) is 0.381. The molecule has 3 heterocycles. The van der Waals surface area contributed by atoms with E-state index in [2.05, 4.69) is 25.6 Å². The zero-order chi connectivity index (χ0) is 25.4. The summed E-state index contributed by atoms with van der Waals surface area (Å²) < 4.78 is 23.2. The van der Waals surface area contributed by atoms with E-state index in [-0.39, 0.29) is 51.2 Å². The lowest BCUT2D eigenvalue weighted by Crippen LogP contribution is -2.57. The van der Waals surface area contributed by atoms with Crippen LogP contribution in [0.25, 0.3) is 0 Å². The number of aliphatic imine (C=N–C) groups is 1. The molecule has 1 spiro atoms. The monoisotopic (exact) mass is 520 g/mol. The summed E-state index contributed by atoms with van der Waals surface area (Å²) in [5.74, 6) is -0.572. The Morgan fingerprint density at radius 2 is 1.80 bits per heavy atom. The minimum atomic E-state index is -3.28. The molecular formula is C21H25ClN8O4S. The van der Waals surface area contributed by atoms with Gasteiger partial charge in [-0.2, -0.15) is 0 Å². The van der Waals surface area contributed by atoms with Gasteiger partial charge in [-0.15, -0.1) is 0 Å². The highest BCUT2D eigenvalue weighted by Crippen LogP contribution is 2.26. The van der Waals surface area contributed by atoms with E-state index in [0.717, 1.165) is 11.8 Å². The lowest BCUT2D eigenvalue weighted by Gasteiger charge is -2.39. The van der Waals surface area contributed by atoms with Crippen LogP contribution in [0, 0.1) is 0 Å². The molecule has 14 heteroatoms. The number of guanidine groups is 1. The lowest BCUT2D eigenvalue weighted by atomic mass is 9.88. The Hall–Kier alpha value is -3.45. The highest BCUT2D eigenvalue weighted by Gasteiger charge is 2.40. The molecular weight excluding hydrogens is 496 g/mol. The number of halogens is 1. The van der Waals surface area contributed by atoms with Crippen LogP contribution < -0.4 is 22.1 Å². The van der Waals surface area contributed by atoms with Gasteiger partial charge in [0.2, 0.25) is 5.91 Å². The van der Waals surface area contributed by atoms with Crippen molar-refractivity contribution < 1.29 is 18.0 Å². The number of nitrogens with two attached hydrogens (primary N) is 2. The van der Waals surface area contributed by atoms with Gasteiger partial charge >= 0.3 is 0 Å². The molecule has 1 aromatic carbocycles. The first kappa shape index (κ1) is 24.7. The molecule has 4 rings (SSSR count). The van der Waals surface area contributed by atoms with Gasteiger partial charge < -0.3 is 21.7 Å². The smallest absolute Gasteiger partial charge is 0.280 e. The van der Waals surface area contributed by atoms with Crippen molar-refractivity contribution in [2.75, 3.05) is 37.4 Å². The van der Waals surface area contributed by atoms with Crippen LogP contribution in [-0.4, -0.2) is 72.5 Å². The molecule has 35 heavy (non-hydrogen) atoms. The van der Waals surface area contributed by atoms with Crippen LogP contribution in [0.3, 0.4) is 0 Å². The molecule has 0 saturated carbocycles. The van der Waals surface area contributed by atoms with Crippen molar-refractivity contribution in [1.29, 1.82) is 0 Å². The predicted octanol–water partition coefficient (Wildman–Crippen LogP) is -0.00920. The molecule has 2 amide bonds. The summed E-state index contributed by atoms with van der Waals surface area (Å²) in [5.41, 5.74) is 11.5. The first-order valence-electron chi connectivity index (χ1n) is 10.7. The highest BCUT2D eigenvalue weighted by atomic mass is 35.5. The summed E-state index contributed by atoms with van der Waals surface area (Å²) in [6.45, 7) is 1.49. The number of rotatable bonds is 4. The number of amides is 2. The zero-order valence-electron chi connectivity index (χ0n) is 18.9. The predicted molar refractivity (Wildman–Crippen MR) is 131 cm³/mol. The van der Waals surface area contributed by atoms with Crippen molar-refractivity contribution in [3.8, 4) is 0 Å². The second-order valence-electron chi connectivity index (χ2n) is 8.63. The number of hydrogen-bond acceptors (Lipinski definition) is 10. The van der Waals surface area contributed by atoms with Crippen molar-refractivity contribution >= 4 is 50.8 Å². The van der Waals surface area contributed by atoms with Crippen molar-refractivity contribution in [3.63, 3.8) is 0 Å². The fourth-order valence-corrected chi connectivity index (χ4v) is 4.77. The van der Waals surface area contributed by atoms with Gasteiger partial charge in [0, 0.05) is 19.3 Å². The Morgan fingerprint density at radius 3 is 2.43 bits per heavy atom. The number of anilines is 2. The van der Waals surface area contributed by atoms with E-state index in [0.29, 0.717) is 32.5 Å². The number of piperidine rings is 1. The van der Waals surface area contributed by atoms with Crippen molar-refractivity contribution in [2.24, 2.45) is 4.99 Å². The largest absolute Gasteiger partial charge is 0.382 e. The molecule has 0 atom stereocenters. The molecule has 1 fully saturated rings. The van der Waals surface area contributed by atoms with E-state index in [1.165, 1.54) is 12.1 Å². The summed E-state index contributed by atoms with van der Waals surface area (Å²) in [7, 11) is -3.28. The number of carbonyl (C=O) groups is 2. The van der Waals surface area contributed by atoms with Gasteiger partial charge in [-0.1, -0.05) is 23.7 Å². The average molecular weight is 521 g/mol. The fourth-order valence-electron chi connectivity index (χ4n) is 4.01. The third-order valence-corrected chi connectivity index (χ3v) is 7.46. The summed E-state index contributed by atoms with van der Waals surface area (Å²) >= 11 is 5.84. The van der Waals surface area contributed by atoms with Gasteiger partial charge in [0.05, 0.1) is 23.4 Å². The van der Waals surface area contributed by atoms with Gasteiger partial charge in [0.25, 0.3) is 5.91 Å². The van der Waals surface area contributed by atoms with Crippen LogP contribution in [0.15, 0.2) is 34.2 Å². The Kier molecular flexibility index (Phi) is 6.56. The van der Waals surface area contributed by atoms with Gasteiger partial charge in [0.15, 0.2) is 38.3 Å². The van der Waals surface area contributed by atoms with Gasteiger partial charge in [-0.05, 0) is 30.5 Å². The number of aromatic nitrogens is 2. The first-order valence-corrected chi connectivity index (χ1v) is 13.0. The maximum atomic E-state index is 12.8. The van der Waals surface area contributed by atoms with Crippen molar-refractivity contribution in [3.05, 3.63) is 40.7 Å². The molecule has 0 bridgehead atoms. The normalized spacial score (nSPS) is 17.1. The topological polar surface area (TPSA) is 186 Å². The molecule has 2 aliphatic rings. The summed E-state index contributed by atoms with van der Waals surface area (Å²) in [6, 6.07) is 6.34. The first-order chi connectivity index (χ1) is 16.5. The van der Waals surface area contributed by atoms with E-state index in [9.17, 15) is 18.0 Å². The molecule has 1 saturated heterocycles. The number of benzene rings is 1. The quantitative estimate of drug-likeness (QED) is 0.430. The molecule has 2 aromatic rings. The van der Waals surface area contributed by atoms with Crippen LogP contribution in [0.4, 0.5) is 11.6 Å². The average Bonchev–Trinajstić information content (AvgIpc) is 3.18. The number of likely N-dealkylation sites (tertiary alicyclic amines) is 1. The third kappa shape index (κ3) is 5.46. The van der Waals surface area contributed by atoms with Crippen molar-refractivity contribution in [2.45, 2.75) is 29.7 Å². The van der Waals surface area contributed by atoms with Crippen LogP contribution in [-0.2, 0) is 21.1 Å². The number of nitrogens with one attached hydrogen (secondary N) is 2. The van der Waals surface area contributed by atoms with Crippen LogP contribution in [0.1, 0.15) is 28.9 Å². The molecule has 186 valence electrons. The highest BCUT2D eigenvalue weighted by molar-refractivity contribution is 7.90. The summed E-state index contributed by atoms with van der Waals surface area (Å²) in [6.07, 6.45) is 2.62. The molecule has 0 radical (unpaired) electrons. The van der Waals surface area contributed by atoms with Crippen molar-refractivity contribution in [1.82, 2.24) is 25.5 Å². The Morgan fingerprint density at radius 1 is 1.14 bits per heavy atom. The number of nitrogens with zero attached hydrogens (tertiary/aromatic N) is 4. The standard InChI is InChI=1S/C21H25ClN8O4S/c1-35(33,34)13-4-2-12(3-5-13)10-14(31)30-8-6-21(7-9-30)11-25-20(29-21)28-19(32)15-17(23)27-18(24)16(22)26-15/h2-5H,6-11H2,1H3,(H4,23,24,27)(H2,25,28,29,32). The number of hydrogen-bond donors (Lipinski definition) is 4. The van der Waals surface area contributed by atoms with E-state index >= 15 is 0 Å². The van der Waals surface area contributed by atoms with E-state index in [4.69, 9.17) is 23.1 Å². The summed E-state index contributed by atoms with van der Waals surface area (Å²) in [5, 5.41) is 5.77. The minimum absolute atomic E-state index is 0.0336. The SMILES string of the molecule is CS(=O)(=O)c1ccc(CC(=O)N2CCC3(CC2)CN=C(NC(=O)c2nc(Cl)c(N)nc2N)N3)cc1. The molecule has 0 unspecified atom stereocenters. The molecule has 1 aromatic heterocycles. The Labute approximate surface area is 207 Å². The minimum Gasteiger partial charge on any atom is -0.382 e. The second kappa shape index (κ2) is 9.30. The number of sulfone groups is 1. The molecule has 12 nitrogen and oxygen atoms in total. The molecule has 0 aliphatic carbocycles. The van der Waals surface area contributed by atoms with Crippen LogP contribution in [0.5, 0.6) is 0 Å². The lowest BCUT2D eigenvalue weighted by molar-refractivity contribution is -0.132. The van der Waals surface area contributed by atoms with E-state index in [1.54, 1.807) is 17.0 Å². The van der Waals surface area contributed by atoms with Crippen LogP contribution >= 0.6 is 11.6 Å². The maximum Gasteiger partial charge on any atom is 0.280 e. The molecule has 2 aliphatic heterocycles. The Bertz CT molecular complexity index is 1310. The van der Waals surface area contributed by atoms with Gasteiger partial charge in [0.1, 0.15) is 0 Å². The second-order valence-corrected chi connectivity index (χ2v) is 11.0. The van der Waals surface area contributed by atoms with Gasteiger partial charge in [-0.3, -0.25) is 19.9 Å².